The molecule has 0 bridgehead atoms. The highest BCUT2D eigenvalue weighted by atomic mass is 16.6. The van der Waals surface area contributed by atoms with Crippen molar-refractivity contribution in [2.75, 3.05) is 6.61 Å². The number of Topliss-reactive ketones (excluding diaryl/α,β-unsaturated/α-hetero) is 2. The highest BCUT2D eigenvalue weighted by Crippen LogP contribution is 2.67. The molecule has 4 aliphatic carbocycles. The molecule has 1 N–H and O–H groups in total. The molecule has 4 rings (SSSR count). The highest BCUT2D eigenvalue weighted by Gasteiger charge is 2.67. The molecule has 5 nitrogen and oxygen atoms in total. The molecule has 0 radical (unpaired) electrons. The van der Waals surface area contributed by atoms with Crippen LogP contribution in [0.15, 0.2) is 11.6 Å². The van der Waals surface area contributed by atoms with Gasteiger partial charge in [0.1, 0.15) is 12.4 Å². The fourth-order valence-corrected chi connectivity index (χ4v) is 7.69. The lowest BCUT2D eigenvalue weighted by molar-refractivity contribution is -0.185. The smallest absolute Gasteiger partial charge is 0.306 e. The predicted octanol–water partition coefficient (Wildman–Crippen LogP) is 4.55. The zero-order valence-corrected chi connectivity index (χ0v) is 19.4. The van der Waals surface area contributed by atoms with Gasteiger partial charge in [0, 0.05) is 24.7 Å². The molecule has 0 aromatic rings. The standard InChI is InChI=1S/C26H38O5/c1-4-5-6-23(30)31-26(22(29)16-27)14-11-21-19-8-7-17-15-18(28)9-12-24(17,2)20(19)10-13-25(21,26)3/h10,17,19,21,27H,4-9,11-16H2,1-3H3/t17-,19+,21-,24-,25-,26+/m0/s1. The van der Waals surface area contributed by atoms with Gasteiger partial charge in [0.25, 0.3) is 0 Å². The van der Waals surface area contributed by atoms with E-state index in [9.17, 15) is 19.5 Å². The second kappa shape index (κ2) is 8.13. The van der Waals surface area contributed by atoms with E-state index in [1.807, 2.05) is 6.92 Å². The average molecular weight is 431 g/mol. The van der Waals surface area contributed by atoms with E-state index in [2.05, 4.69) is 19.9 Å². The number of ether oxygens (including phenoxy) is 1. The summed E-state index contributed by atoms with van der Waals surface area (Å²) in [5, 5.41) is 9.82. The molecule has 0 unspecified atom stereocenters. The van der Waals surface area contributed by atoms with Crippen molar-refractivity contribution in [1.29, 1.82) is 0 Å². The van der Waals surface area contributed by atoms with Crippen LogP contribution in [-0.2, 0) is 19.1 Å². The van der Waals surface area contributed by atoms with Crippen molar-refractivity contribution in [1.82, 2.24) is 0 Å². The van der Waals surface area contributed by atoms with Crippen LogP contribution in [0.4, 0.5) is 0 Å². The van der Waals surface area contributed by atoms with Crippen LogP contribution in [0.1, 0.15) is 91.4 Å². The quantitative estimate of drug-likeness (QED) is 0.494. The molecule has 31 heavy (non-hydrogen) atoms. The van der Waals surface area contributed by atoms with Crippen molar-refractivity contribution in [3.63, 3.8) is 0 Å². The zero-order valence-electron chi connectivity index (χ0n) is 19.4. The van der Waals surface area contributed by atoms with Gasteiger partial charge in [0.05, 0.1) is 0 Å². The Morgan fingerprint density at radius 2 is 1.97 bits per heavy atom. The Hall–Kier alpha value is -1.49. The van der Waals surface area contributed by atoms with Crippen molar-refractivity contribution in [3.05, 3.63) is 11.6 Å². The van der Waals surface area contributed by atoms with Gasteiger partial charge in [-0.15, -0.1) is 0 Å². The molecule has 0 aromatic heterocycles. The van der Waals surface area contributed by atoms with Crippen LogP contribution in [0, 0.1) is 28.6 Å². The average Bonchev–Trinajstić information content (AvgIpc) is 3.05. The van der Waals surface area contributed by atoms with E-state index in [1.54, 1.807) is 0 Å². The van der Waals surface area contributed by atoms with Gasteiger partial charge in [-0.25, -0.2) is 0 Å². The van der Waals surface area contributed by atoms with E-state index in [1.165, 1.54) is 5.57 Å². The van der Waals surface area contributed by atoms with Crippen LogP contribution < -0.4 is 0 Å². The molecule has 6 atom stereocenters. The van der Waals surface area contributed by atoms with E-state index in [4.69, 9.17) is 4.74 Å². The molecule has 5 heteroatoms. The van der Waals surface area contributed by atoms with Gasteiger partial charge in [-0.3, -0.25) is 14.4 Å². The summed E-state index contributed by atoms with van der Waals surface area (Å²) in [4.78, 5) is 37.9. The molecule has 0 amide bonds. The van der Waals surface area contributed by atoms with E-state index in [0.717, 1.165) is 38.5 Å². The second-order valence-corrected chi connectivity index (χ2v) is 11.0. The second-order valence-electron chi connectivity index (χ2n) is 11.0. The van der Waals surface area contributed by atoms with Crippen LogP contribution in [0.2, 0.25) is 0 Å². The van der Waals surface area contributed by atoms with Gasteiger partial charge in [0.2, 0.25) is 5.78 Å². The number of fused-ring (bicyclic) bond motifs is 5. The molecule has 0 heterocycles. The van der Waals surface area contributed by atoms with E-state index in [-0.39, 0.29) is 23.1 Å². The molecule has 3 fully saturated rings. The van der Waals surface area contributed by atoms with E-state index >= 15 is 0 Å². The first-order chi connectivity index (χ1) is 14.7. The van der Waals surface area contributed by atoms with Gasteiger partial charge in [-0.1, -0.05) is 38.8 Å². The van der Waals surface area contributed by atoms with Crippen molar-refractivity contribution in [3.8, 4) is 0 Å². The lowest BCUT2D eigenvalue weighted by Gasteiger charge is -2.56. The Morgan fingerprint density at radius 1 is 1.19 bits per heavy atom. The fraction of sp³-hybridized carbons (Fsp3) is 0.808. The van der Waals surface area contributed by atoms with Crippen LogP contribution in [0.25, 0.3) is 0 Å². The summed E-state index contributed by atoms with van der Waals surface area (Å²) in [7, 11) is 0. The summed E-state index contributed by atoms with van der Waals surface area (Å²) in [6.07, 6.45) is 10.7. The van der Waals surface area contributed by atoms with Gasteiger partial charge in [0.15, 0.2) is 5.60 Å². The maximum absolute atomic E-state index is 13.1. The lowest BCUT2D eigenvalue weighted by atomic mass is 9.48. The van der Waals surface area contributed by atoms with E-state index in [0.29, 0.717) is 49.7 Å². The molecule has 4 aliphatic rings. The Balaban J connectivity index is 1.68. The van der Waals surface area contributed by atoms with Gasteiger partial charge < -0.3 is 9.84 Å². The fourth-order valence-electron chi connectivity index (χ4n) is 7.69. The first-order valence-corrected chi connectivity index (χ1v) is 12.3. The van der Waals surface area contributed by atoms with Crippen LogP contribution >= 0.6 is 0 Å². The van der Waals surface area contributed by atoms with Gasteiger partial charge in [-0.2, -0.15) is 0 Å². The summed E-state index contributed by atoms with van der Waals surface area (Å²) < 4.78 is 6.03. The molecule has 3 saturated carbocycles. The van der Waals surface area contributed by atoms with Crippen LogP contribution in [0.3, 0.4) is 0 Å². The molecule has 0 saturated heterocycles. The molecular formula is C26H38O5. The normalized spacial score (nSPS) is 41.6. The third-order valence-electron chi connectivity index (χ3n) is 9.58. The summed E-state index contributed by atoms with van der Waals surface area (Å²) >= 11 is 0. The van der Waals surface area contributed by atoms with Crippen molar-refractivity contribution >= 4 is 17.5 Å². The van der Waals surface area contributed by atoms with Crippen molar-refractivity contribution in [2.24, 2.45) is 28.6 Å². The topological polar surface area (TPSA) is 80.7 Å². The first-order valence-electron chi connectivity index (χ1n) is 12.3. The summed E-state index contributed by atoms with van der Waals surface area (Å²) in [5.41, 5.74) is -0.151. The number of carbonyl (C=O) groups excluding carboxylic acids is 3. The summed E-state index contributed by atoms with van der Waals surface area (Å²) in [5.74, 6) is 0.796. The number of hydrogen-bond acceptors (Lipinski definition) is 5. The number of rotatable bonds is 6. The van der Waals surface area contributed by atoms with Crippen LogP contribution in [0.5, 0.6) is 0 Å². The third kappa shape index (κ3) is 3.34. The summed E-state index contributed by atoms with van der Waals surface area (Å²) in [6.45, 7) is 5.89. The monoisotopic (exact) mass is 430 g/mol. The minimum absolute atomic E-state index is 0.0716. The van der Waals surface area contributed by atoms with Crippen molar-refractivity contribution < 1.29 is 24.2 Å². The number of esters is 1. The van der Waals surface area contributed by atoms with Gasteiger partial charge >= 0.3 is 5.97 Å². The van der Waals surface area contributed by atoms with Crippen molar-refractivity contribution in [2.45, 2.75) is 97.0 Å². The maximum Gasteiger partial charge on any atom is 0.306 e. The number of hydrogen-bond donors (Lipinski definition) is 1. The first kappa shape index (κ1) is 22.7. The molecule has 0 aromatic carbocycles. The lowest BCUT2D eigenvalue weighted by Crippen LogP contribution is -2.58. The Bertz CT molecular complexity index is 800. The zero-order chi connectivity index (χ0) is 22.4. The number of ketones is 2. The number of aliphatic hydroxyl groups excluding tert-OH is 1. The molecular weight excluding hydrogens is 392 g/mol. The largest absolute Gasteiger partial charge is 0.450 e. The summed E-state index contributed by atoms with van der Waals surface area (Å²) in [6, 6.07) is 0. The molecule has 172 valence electrons. The van der Waals surface area contributed by atoms with Gasteiger partial charge in [-0.05, 0) is 68.1 Å². The third-order valence-corrected chi connectivity index (χ3v) is 9.58. The SMILES string of the molecule is CCCCC(=O)O[C@@]1(C(=O)CO)CC[C@H]2[C@@H]3CC[C@H]4CC(=O)CC[C@]4(C)C3=CC[C@@]21C. The Labute approximate surface area is 186 Å². The predicted molar refractivity (Wildman–Crippen MR) is 117 cm³/mol. The van der Waals surface area contributed by atoms with E-state index < -0.39 is 17.6 Å². The maximum atomic E-state index is 13.1. The number of allylic oxidation sites excluding steroid dienone is 2. The van der Waals surface area contributed by atoms with Crippen LogP contribution in [-0.4, -0.2) is 34.9 Å². The number of carbonyl (C=O) groups is 3. The number of aliphatic hydroxyl groups is 1. The Kier molecular flexibility index (Phi) is 5.95. The minimum Gasteiger partial charge on any atom is -0.450 e. The highest BCUT2D eigenvalue weighted by molar-refractivity contribution is 5.92. The minimum atomic E-state index is -1.22. The Morgan fingerprint density at radius 3 is 2.68 bits per heavy atom. The molecule has 0 spiro atoms. The number of unbranched alkanes of at least 4 members (excludes halogenated alkanes) is 1. The molecule has 0 aliphatic heterocycles.